The molecule has 4 heteroatoms. The summed E-state index contributed by atoms with van der Waals surface area (Å²) in [6, 6.07) is 4.31. The number of rotatable bonds is 4. The van der Waals surface area contributed by atoms with Gasteiger partial charge in [0.1, 0.15) is 0 Å². The van der Waals surface area contributed by atoms with E-state index in [0.717, 1.165) is 17.7 Å². The quantitative estimate of drug-likeness (QED) is 0.786. The Morgan fingerprint density at radius 3 is 3.00 bits per heavy atom. The topological polar surface area (TPSA) is 55.1 Å². The van der Waals surface area contributed by atoms with Crippen LogP contribution < -0.4 is 11.1 Å². The molecule has 1 aliphatic carbocycles. The van der Waals surface area contributed by atoms with E-state index in [1.165, 1.54) is 24.2 Å². The van der Waals surface area contributed by atoms with Gasteiger partial charge in [-0.2, -0.15) is 0 Å². The van der Waals surface area contributed by atoms with Crippen molar-refractivity contribution < 1.29 is 4.79 Å². The Hall–Kier alpha value is -0.710. The summed E-state index contributed by atoms with van der Waals surface area (Å²) in [6.07, 6.45) is 4.61. The molecule has 0 amide bonds. The van der Waals surface area contributed by atoms with Crippen molar-refractivity contribution in [2.45, 2.75) is 37.8 Å². The van der Waals surface area contributed by atoms with Crippen molar-refractivity contribution >= 4 is 17.1 Å². The molecule has 88 valence electrons. The molecule has 0 radical (unpaired) electrons. The lowest BCUT2D eigenvalue weighted by atomic mass is 9.91. The number of ketones is 1. The maximum absolute atomic E-state index is 11.8. The molecule has 2 atom stereocenters. The summed E-state index contributed by atoms with van der Waals surface area (Å²) >= 11 is 1.50. The van der Waals surface area contributed by atoms with Crippen molar-refractivity contribution in [3.63, 3.8) is 0 Å². The van der Waals surface area contributed by atoms with E-state index >= 15 is 0 Å². The van der Waals surface area contributed by atoms with E-state index in [2.05, 4.69) is 5.32 Å². The zero-order valence-corrected chi connectivity index (χ0v) is 10.1. The minimum Gasteiger partial charge on any atom is -0.326 e. The molecule has 1 aromatic heterocycles. The molecule has 1 aliphatic rings. The molecule has 0 unspecified atom stereocenters. The van der Waals surface area contributed by atoms with Crippen LogP contribution in [0.1, 0.15) is 35.4 Å². The third-order valence-corrected chi connectivity index (χ3v) is 4.05. The van der Waals surface area contributed by atoms with E-state index in [4.69, 9.17) is 5.73 Å². The minimum absolute atomic E-state index is 0.174. The molecule has 1 fully saturated rings. The highest BCUT2D eigenvalue weighted by Gasteiger charge is 2.21. The molecular weight excluding hydrogens is 220 g/mol. The summed E-state index contributed by atoms with van der Waals surface area (Å²) in [5.74, 6) is 0.174. The summed E-state index contributed by atoms with van der Waals surface area (Å²) in [7, 11) is 0. The summed E-state index contributed by atoms with van der Waals surface area (Å²) in [6.45, 7) is 0.416. The van der Waals surface area contributed by atoms with Gasteiger partial charge in [0.15, 0.2) is 5.78 Å². The van der Waals surface area contributed by atoms with Gasteiger partial charge in [-0.05, 0) is 24.3 Å². The first-order chi connectivity index (χ1) is 7.77. The molecule has 1 saturated carbocycles. The molecular formula is C12H18N2OS. The highest BCUT2D eigenvalue weighted by molar-refractivity contribution is 7.12. The first-order valence-corrected chi connectivity index (χ1v) is 6.71. The number of hydrogen-bond donors (Lipinski definition) is 2. The molecule has 2 rings (SSSR count). The number of thiophene rings is 1. The lowest BCUT2D eigenvalue weighted by molar-refractivity contribution is 0.0987. The molecule has 16 heavy (non-hydrogen) atoms. The molecule has 3 nitrogen and oxygen atoms in total. The second-order valence-electron chi connectivity index (χ2n) is 4.34. The number of carbonyl (C=O) groups excluding carboxylic acids is 1. The van der Waals surface area contributed by atoms with Crippen LogP contribution in [-0.2, 0) is 0 Å². The predicted octanol–water partition coefficient (Wildman–Crippen LogP) is 1.79. The van der Waals surface area contributed by atoms with Crippen molar-refractivity contribution in [3.05, 3.63) is 22.4 Å². The van der Waals surface area contributed by atoms with Gasteiger partial charge in [0, 0.05) is 12.1 Å². The second kappa shape index (κ2) is 5.57. The molecule has 0 saturated heterocycles. The maximum Gasteiger partial charge on any atom is 0.186 e. The van der Waals surface area contributed by atoms with Gasteiger partial charge in [0.05, 0.1) is 11.4 Å². The lowest BCUT2D eigenvalue weighted by Crippen LogP contribution is -2.48. The van der Waals surface area contributed by atoms with Crippen LogP contribution in [0, 0.1) is 0 Å². The largest absolute Gasteiger partial charge is 0.326 e. The number of carbonyl (C=O) groups is 1. The molecule has 3 N–H and O–H groups in total. The second-order valence-corrected chi connectivity index (χ2v) is 5.28. The zero-order valence-electron chi connectivity index (χ0n) is 9.32. The average molecular weight is 238 g/mol. The number of Topliss-reactive ketones (excluding diaryl/α,β-unsaturated/α-hetero) is 1. The standard InChI is InChI=1S/C12H18N2OS/c13-9-4-1-2-5-10(9)14-8-11(15)12-6-3-7-16-12/h3,6-7,9-10,14H,1-2,4-5,8,13H2/t9-,10+/m1/s1. The minimum atomic E-state index is 0.174. The number of nitrogens with one attached hydrogen (secondary N) is 1. The lowest BCUT2D eigenvalue weighted by Gasteiger charge is -2.29. The monoisotopic (exact) mass is 238 g/mol. The van der Waals surface area contributed by atoms with E-state index in [-0.39, 0.29) is 11.8 Å². The van der Waals surface area contributed by atoms with Crippen LogP contribution in [0.4, 0.5) is 0 Å². The van der Waals surface area contributed by atoms with Crippen LogP contribution in [0.25, 0.3) is 0 Å². The smallest absolute Gasteiger partial charge is 0.186 e. The molecule has 1 heterocycles. The van der Waals surface area contributed by atoms with Crippen LogP contribution in [0.5, 0.6) is 0 Å². The van der Waals surface area contributed by atoms with Gasteiger partial charge in [-0.3, -0.25) is 4.79 Å². The fourth-order valence-corrected chi connectivity index (χ4v) is 2.83. The van der Waals surface area contributed by atoms with Gasteiger partial charge in [0.2, 0.25) is 0 Å². The van der Waals surface area contributed by atoms with E-state index < -0.39 is 0 Å². The maximum atomic E-state index is 11.8. The van der Waals surface area contributed by atoms with E-state index in [1.54, 1.807) is 0 Å². The van der Waals surface area contributed by atoms with Gasteiger partial charge in [0.25, 0.3) is 0 Å². The van der Waals surface area contributed by atoms with Gasteiger partial charge in [-0.15, -0.1) is 11.3 Å². The van der Waals surface area contributed by atoms with Gasteiger partial charge in [-0.25, -0.2) is 0 Å². The summed E-state index contributed by atoms with van der Waals surface area (Å²) < 4.78 is 0. The van der Waals surface area contributed by atoms with Crippen LogP contribution in [0.3, 0.4) is 0 Å². The summed E-state index contributed by atoms with van der Waals surface area (Å²) in [5, 5.41) is 5.22. The number of hydrogen-bond acceptors (Lipinski definition) is 4. The van der Waals surface area contributed by atoms with Crippen molar-refractivity contribution in [3.8, 4) is 0 Å². The van der Waals surface area contributed by atoms with Crippen LogP contribution in [-0.4, -0.2) is 24.4 Å². The Labute approximate surface area is 100 Å². The van der Waals surface area contributed by atoms with Crippen molar-refractivity contribution in [1.82, 2.24) is 5.32 Å². The van der Waals surface area contributed by atoms with Crippen molar-refractivity contribution in [1.29, 1.82) is 0 Å². The molecule has 0 bridgehead atoms. The van der Waals surface area contributed by atoms with Crippen molar-refractivity contribution in [2.24, 2.45) is 5.73 Å². The molecule has 0 aliphatic heterocycles. The highest BCUT2D eigenvalue weighted by atomic mass is 32.1. The highest BCUT2D eigenvalue weighted by Crippen LogP contribution is 2.17. The number of nitrogens with two attached hydrogens (primary N) is 1. The van der Waals surface area contributed by atoms with E-state index in [1.807, 2.05) is 17.5 Å². The van der Waals surface area contributed by atoms with E-state index in [0.29, 0.717) is 12.6 Å². The van der Waals surface area contributed by atoms with E-state index in [9.17, 15) is 4.79 Å². The zero-order chi connectivity index (χ0) is 11.4. The molecule has 0 spiro atoms. The summed E-state index contributed by atoms with van der Waals surface area (Å²) in [4.78, 5) is 12.6. The van der Waals surface area contributed by atoms with Gasteiger partial charge in [-0.1, -0.05) is 18.9 Å². The predicted molar refractivity (Wildman–Crippen MR) is 66.9 cm³/mol. The third kappa shape index (κ3) is 2.90. The Bertz CT molecular complexity index is 337. The van der Waals surface area contributed by atoms with Gasteiger partial charge < -0.3 is 11.1 Å². The Morgan fingerprint density at radius 2 is 2.31 bits per heavy atom. The van der Waals surface area contributed by atoms with Gasteiger partial charge >= 0.3 is 0 Å². The third-order valence-electron chi connectivity index (χ3n) is 3.14. The SMILES string of the molecule is N[C@@H]1CCCC[C@@H]1NCC(=O)c1cccs1. The van der Waals surface area contributed by atoms with Crippen molar-refractivity contribution in [2.75, 3.05) is 6.54 Å². The average Bonchev–Trinajstić information content (AvgIpc) is 2.81. The fourth-order valence-electron chi connectivity index (χ4n) is 2.16. The first-order valence-electron chi connectivity index (χ1n) is 5.83. The van der Waals surface area contributed by atoms with Crippen LogP contribution >= 0.6 is 11.3 Å². The fraction of sp³-hybridized carbons (Fsp3) is 0.583. The van der Waals surface area contributed by atoms with Crippen LogP contribution in [0.15, 0.2) is 17.5 Å². The Balaban J connectivity index is 1.80. The Kier molecular flexibility index (Phi) is 4.09. The first kappa shape index (κ1) is 11.8. The molecule has 0 aromatic carbocycles. The Morgan fingerprint density at radius 1 is 1.50 bits per heavy atom. The molecule has 1 aromatic rings. The van der Waals surface area contributed by atoms with Crippen LogP contribution in [0.2, 0.25) is 0 Å². The summed E-state index contributed by atoms with van der Waals surface area (Å²) in [5.41, 5.74) is 6.01. The normalized spacial score (nSPS) is 25.6.